The number of rotatable bonds is 2. The molecule has 0 aromatic heterocycles. The SMILES string of the molecule is C=COC=C.O=[N+]([O-])[O-].O=[N+]([O-])[O-]. The van der Waals surface area contributed by atoms with Crippen LogP contribution in [0.5, 0.6) is 0 Å². The van der Waals surface area contributed by atoms with E-state index in [1.165, 1.54) is 12.5 Å². The second kappa shape index (κ2) is 16.3. The molecule has 0 heterocycles. The Morgan fingerprint density at radius 2 is 1.08 bits per heavy atom. The average molecular weight is 194 g/mol. The Balaban J connectivity index is -0.000000117. The van der Waals surface area contributed by atoms with E-state index in [2.05, 4.69) is 17.9 Å². The van der Waals surface area contributed by atoms with Crippen molar-refractivity contribution in [1.82, 2.24) is 0 Å². The minimum Gasteiger partial charge on any atom is -0.474 e. The lowest BCUT2D eigenvalue weighted by Crippen LogP contribution is -1.74. The van der Waals surface area contributed by atoms with Crippen molar-refractivity contribution < 1.29 is 14.9 Å². The van der Waals surface area contributed by atoms with Crippen molar-refractivity contribution in [3.05, 3.63) is 56.3 Å². The Hall–Kier alpha value is -2.32. The summed E-state index contributed by atoms with van der Waals surface area (Å²) in [6.45, 7) is 6.51. The summed E-state index contributed by atoms with van der Waals surface area (Å²) in [7, 11) is 0. The van der Waals surface area contributed by atoms with Crippen molar-refractivity contribution in [2.24, 2.45) is 0 Å². The van der Waals surface area contributed by atoms with Gasteiger partial charge in [-0.1, -0.05) is 13.2 Å². The van der Waals surface area contributed by atoms with Gasteiger partial charge in [0, 0.05) is 0 Å². The molecule has 0 rings (SSSR count). The Labute approximate surface area is 72.4 Å². The highest BCUT2D eigenvalue weighted by molar-refractivity contribution is 4.57. The Morgan fingerprint density at radius 3 is 1.08 bits per heavy atom. The molecule has 0 amide bonds. The second-order valence-electron chi connectivity index (χ2n) is 0.917. The van der Waals surface area contributed by atoms with Crippen LogP contribution >= 0.6 is 0 Å². The molecule has 13 heavy (non-hydrogen) atoms. The summed E-state index contributed by atoms with van der Waals surface area (Å²) in [5, 5.41) is 29.5. The van der Waals surface area contributed by atoms with Gasteiger partial charge in [0.25, 0.3) is 0 Å². The topological polar surface area (TPSA) is 142 Å². The lowest BCUT2D eigenvalue weighted by molar-refractivity contribution is -0.403. The second-order valence-corrected chi connectivity index (χ2v) is 0.917. The van der Waals surface area contributed by atoms with E-state index in [-0.39, 0.29) is 0 Å². The van der Waals surface area contributed by atoms with Gasteiger partial charge in [0.2, 0.25) is 0 Å². The lowest BCUT2D eigenvalue weighted by Gasteiger charge is -1.76. The first kappa shape index (κ1) is 17.0. The maximum absolute atomic E-state index is 8.25. The molecule has 0 spiro atoms. The van der Waals surface area contributed by atoms with Crippen molar-refractivity contribution in [3.63, 3.8) is 0 Å². The summed E-state index contributed by atoms with van der Waals surface area (Å²) in [6, 6.07) is 0. The third-order valence-corrected chi connectivity index (χ3v) is 0.192. The van der Waals surface area contributed by atoms with Crippen LogP contribution in [-0.4, -0.2) is 10.2 Å². The van der Waals surface area contributed by atoms with Crippen molar-refractivity contribution >= 4 is 0 Å². The molecule has 9 heteroatoms. The zero-order valence-electron chi connectivity index (χ0n) is 6.32. The van der Waals surface area contributed by atoms with Crippen LogP contribution < -0.4 is 0 Å². The summed E-state index contributed by atoms with van der Waals surface area (Å²) in [6.07, 6.45) is 2.62. The molecular formula is C4H6N2O7-2. The number of nitrogens with zero attached hydrogens (tertiary/aromatic N) is 2. The first-order chi connectivity index (χ1) is 5.88. The van der Waals surface area contributed by atoms with Gasteiger partial charge in [0.05, 0.1) is 22.7 Å². The van der Waals surface area contributed by atoms with E-state index >= 15 is 0 Å². The van der Waals surface area contributed by atoms with E-state index < -0.39 is 10.2 Å². The molecule has 9 nitrogen and oxygen atoms in total. The van der Waals surface area contributed by atoms with E-state index in [4.69, 9.17) is 30.6 Å². The van der Waals surface area contributed by atoms with Crippen LogP contribution in [0, 0.1) is 30.6 Å². The molecule has 0 aliphatic rings. The molecular weight excluding hydrogens is 188 g/mol. The highest BCUT2D eigenvalue weighted by atomic mass is 16.9. The van der Waals surface area contributed by atoms with Crippen LogP contribution in [-0.2, 0) is 4.74 Å². The van der Waals surface area contributed by atoms with Gasteiger partial charge in [-0.05, 0) is 0 Å². The maximum Gasteiger partial charge on any atom is 0.0829 e. The van der Waals surface area contributed by atoms with Crippen molar-refractivity contribution in [2.75, 3.05) is 0 Å². The molecule has 0 aliphatic heterocycles. The van der Waals surface area contributed by atoms with Crippen molar-refractivity contribution in [3.8, 4) is 0 Å². The fourth-order valence-corrected chi connectivity index (χ4v) is 0.0680. The quantitative estimate of drug-likeness (QED) is 0.359. The molecule has 0 unspecified atom stereocenters. The molecule has 0 atom stereocenters. The largest absolute Gasteiger partial charge is 0.474 e. The molecule has 0 N–H and O–H groups in total. The summed E-state index contributed by atoms with van der Waals surface area (Å²) in [5.41, 5.74) is 0. The summed E-state index contributed by atoms with van der Waals surface area (Å²) >= 11 is 0. The molecule has 76 valence electrons. The highest BCUT2D eigenvalue weighted by Gasteiger charge is 1.46. The van der Waals surface area contributed by atoms with Crippen molar-refractivity contribution in [1.29, 1.82) is 0 Å². The van der Waals surface area contributed by atoms with Crippen LogP contribution in [0.15, 0.2) is 25.7 Å². The van der Waals surface area contributed by atoms with Crippen LogP contribution in [0.2, 0.25) is 0 Å². The molecule has 0 aromatic rings. The third-order valence-electron chi connectivity index (χ3n) is 0.192. The lowest BCUT2D eigenvalue weighted by atomic mass is 11.1. The van der Waals surface area contributed by atoms with Gasteiger partial charge >= 0.3 is 0 Å². The van der Waals surface area contributed by atoms with Crippen LogP contribution in [0.3, 0.4) is 0 Å². The summed E-state index contributed by atoms with van der Waals surface area (Å²) < 4.78 is 4.36. The fraction of sp³-hybridized carbons (Fsp3) is 0. The number of hydrogen-bond donors (Lipinski definition) is 0. The van der Waals surface area contributed by atoms with E-state index in [1.54, 1.807) is 0 Å². The van der Waals surface area contributed by atoms with E-state index in [9.17, 15) is 0 Å². The zero-order chi connectivity index (χ0) is 11.3. The molecule has 0 radical (unpaired) electrons. The Bertz CT molecular complexity index is 142. The molecule has 0 saturated carbocycles. The smallest absolute Gasteiger partial charge is 0.0829 e. The average Bonchev–Trinajstić information content (AvgIpc) is 1.86. The van der Waals surface area contributed by atoms with Gasteiger partial charge in [0.15, 0.2) is 0 Å². The minimum atomic E-state index is -1.75. The summed E-state index contributed by atoms with van der Waals surface area (Å²) in [5.74, 6) is 0. The summed E-state index contributed by atoms with van der Waals surface area (Å²) in [4.78, 5) is 16.5. The Morgan fingerprint density at radius 1 is 0.923 bits per heavy atom. The maximum atomic E-state index is 8.25. The van der Waals surface area contributed by atoms with E-state index in [1.807, 2.05) is 0 Å². The van der Waals surface area contributed by atoms with Crippen molar-refractivity contribution in [2.45, 2.75) is 0 Å². The molecule has 0 saturated heterocycles. The van der Waals surface area contributed by atoms with Gasteiger partial charge < -0.3 is 35.4 Å². The first-order valence-corrected chi connectivity index (χ1v) is 2.38. The van der Waals surface area contributed by atoms with Gasteiger partial charge in [-0.15, -0.1) is 0 Å². The molecule has 0 aliphatic carbocycles. The van der Waals surface area contributed by atoms with E-state index in [0.29, 0.717) is 0 Å². The van der Waals surface area contributed by atoms with Gasteiger partial charge in [-0.3, -0.25) is 0 Å². The molecule has 0 bridgehead atoms. The fourth-order valence-electron chi connectivity index (χ4n) is 0.0680. The number of hydrogen-bond acceptors (Lipinski definition) is 7. The Kier molecular flexibility index (Phi) is 21.3. The number of ether oxygens (including phenoxy) is 1. The predicted molar refractivity (Wildman–Crippen MR) is 42.2 cm³/mol. The van der Waals surface area contributed by atoms with Crippen LogP contribution in [0.25, 0.3) is 0 Å². The van der Waals surface area contributed by atoms with Crippen LogP contribution in [0.4, 0.5) is 0 Å². The highest BCUT2D eigenvalue weighted by Crippen LogP contribution is 1.65. The zero-order valence-corrected chi connectivity index (χ0v) is 6.32. The monoisotopic (exact) mass is 194 g/mol. The molecule has 0 fully saturated rings. The third kappa shape index (κ3) is 5580. The van der Waals surface area contributed by atoms with E-state index in [0.717, 1.165) is 0 Å². The predicted octanol–water partition coefficient (Wildman–Crippen LogP) is 0.812. The minimum absolute atomic E-state index is 1.31. The molecule has 0 aromatic carbocycles. The first-order valence-electron chi connectivity index (χ1n) is 2.38. The normalized spacial score (nSPS) is 5.85. The van der Waals surface area contributed by atoms with Crippen LogP contribution in [0.1, 0.15) is 0 Å². The van der Waals surface area contributed by atoms with Gasteiger partial charge in [-0.2, -0.15) is 0 Å². The van der Waals surface area contributed by atoms with Gasteiger partial charge in [0.1, 0.15) is 0 Å². The van der Waals surface area contributed by atoms with Gasteiger partial charge in [-0.25, -0.2) is 0 Å². The standard InChI is InChI=1S/C4H6O.2NO3/c1-3-5-4-2;2*2-1(3)4/h3-4H,1-2H2;;/q;2*-1.